The summed E-state index contributed by atoms with van der Waals surface area (Å²) in [6.07, 6.45) is 0. The van der Waals surface area contributed by atoms with Crippen molar-refractivity contribution in [3.05, 3.63) is 48.0 Å². The van der Waals surface area contributed by atoms with Crippen LogP contribution in [0.5, 0.6) is 0 Å². The van der Waals surface area contributed by atoms with E-state index in [1.54, 1.807) is 0 Å². The molecule has 0 fully saturated rings. The van der Waals surface area contributed by atoms with E-state index in [4.69, 9.17) is 4.74 Å². The van der Waals surface area contributed by atoms with Gasteiger partial charge in [-0.15, -0.1) is 0 Å². The predicted octanol–water partition coefficient (Wildman–Crippen LogP) is 2.97. The van der Waals surface area contributed by atoms with Crippen LogP contribution in [0.25, 0.3) is 10.8 Å². The molecular formula is C15H19NO. The zero-order valence-corrected chi connectivity index (χ0v) is 10.3. The van der Waals surface area contributed by atoms with Crippen molar-refractivity contribution in [2.24, 2.45) is 0 Å². The molecule has 2 nitrogen and oxygen atoms in total. The maximum atomic E-state index is 5.67. The zero-order chi connectivity index (χ0) is 11.9. The molecule has 0 saturated heterocycles. The highest BCUT2D eigenvalue weighted by Crippen LogP contribution is 2.18. The lowest BCUT2D eigenvalue weighted by atomic mass is 10.1. The fourth-order valence-electron chi connectivity index (χ4n) is 1.92. The molecule has 1 N–H and O–H groups in total. The fourth-order valence-corrected chi connectivity index (χ4v) is 1.92. The molecule has 2 heteroatoms. The maximum absolute atomic E-state index is 5.67. The van der Waals surface area contributed by atoms with Crippen molar-refractivity contribution < 1.29 is 4.74 Å². The van der Waals surface area contributed by atoms with Gasteiger partial charge >= 0.3 is 0 Å². The molecule has 0 aliphatic carbocycles. The van der Waals surface area contributed by atoms with Crippen molar-refractivity contribution in [3.8, 4) is 0 Å². The maximum Gasteiger partial charge on any atom is 0.0723 e. The van der Waals surface area contributed by atoms with Gasteiger partial charge in [0.25, 0.3) is 0 Å². The highest BCUT2D eigenvalue weighted by Gasteiger charge is 1.99. The Morgan fingerprint density at radius 1 is 1.06 bits per heavy atom. The second-order valence-electron chi connectivity index (χ2n) is 4.04. The van der Waals surface area contributed by atoms with Gasteiger partial charge in [0.1, 0.15) is 0 Å². The van der Waals surface area contributed by atoms with Crippen molar-refractivity contribution in [2.45, 2.75) is 13.5 Å². The molecule has 0 atom stereocenters. The average molecular weight is 229 g/mol. The van der Waals surface area contributed by atoms with Gasteiger partial charge in [0.2, 0.25) is 0 Å². The molecule has 0 spiro atoms. The standard InChI is InChI=1S/C15H19NO/c1-2-16-10-11-17-12-14-8-5-7-13-6-3-4-9-15(13)14/h3-9,16H,2,10-12H2,1H3. The van der Waals surface area contributed by atoms with Crippen LogP contribution in [-0.2, 0) is 11.3 Å². The van der Waals surface area contributed by atoms with E-state index >= 15 is 0 Å². The van der Waals surface area contributed by atoms with Crippen LogP contribution in [0.15, 0.2) is 42.5 Å². The third-order valence-electron chi connectivity index (χ3n) is 2.81. The van der Waals surface area contributed by atoms with Crippen LogP contribution < -0.4 is 5.32 Å². The summed E-state index contributed by atoms with van der Waals surface area (Å²) >= 11 is 0. The van der Waals surface area contributed by atoms with Crippen LogP contribution in [0.2, 0.25) is 0 Å². The van der Waals surface area contributed by atoms with Crippen molar-refractivity contribution in [1.82, 2.24) is 5.32 Å². The van der Waals surface area contributed by atoms with Crippen LogP contribution in [0.4, 0.5) is 0 Å². The van der Waals surface area contributed by atoms with Gasteiger partial charge in [0.05, 0.1) is 13.2 Å². The van der Waals surface area contributed by atoms with Crippen molar-refractivity contribution in [3.63, 3.8) is 0 Å². The molecule has 0 saturated carbocycles. The third-order valence-corrected chi connectivity index (χ3v) is 2.81. The van der Waals surface area contributed by atoms with Crippen LogP contribution in [0.1, 0.15) is 12.5 Å². The van der Waals surface area contributed by atoms with E-state index in [1.165, 1.54) is 16.3 Å². The second-order valence-corrected chi connectivity index (χ2v) is 4.04. The molecule has 90 valence electrons. The van der Waals surface area contributed by atoms with Gasteiger partial charge in [-0.3, -0.25) is 0 Å². The first-order valence-electron chi connectivity index (χ1n) is 6.17. The normalized spacial score (nSPS) is 10.9. The topological polar surface area (TPSA) is 21.3 Å². The van der Waals surface area contributed by atoms with Gasteiger partial charge in [-0.1, -0.05) is 49.4 Å². The first kappa shape index (κ1) is 12.1. The summed E-state index contributed by atoms with van der Waals surface area (Å²) in [6.45, 7) is 5.47. The molecule has 0 heterocycles. The number of rotatable bonds is 6. The van der Waals surface area contributed by atoms with Crippen molar-refractivity contribution in [1.29, 1.82) is 0 Å². The van der Waals surface area contributed by atoms with Crippen molar-refractivity contribution >= 4 is 10.8 Å². The summed E-state index contributed by atoms with van der Waals surface area (Å²) < 4.78 is 5.67. The summed E-state index contributed by atoms with van der Waals surface area (Å²) in [7, 11) is 0. The Bertz CT molecular complexity index is 462. The lowest BCUT2D eigenvalue weighted by molar-refractivity contribution is 0.124. The lowest BCUT2D eigenvalue weighted by Crippen LogP contribution is -2.18. The SMILES string of the molecule is CCNCCOCc1cccc2ccccc12. The Hall–Kier alpha value is -1.38. The predicted molar refractivity (Wildman–Crippen MR) is 72.1 cm³/mol. The Morgan fingerprint density at radius 3 is 2.76 bits per heavy atom. The molecular weight excluding hydrogens is 210 g/mol. The van der Waals surface area contributed by atoms with Gasteiger partial charge in [0, 0.05) is 6.54 Å². The highest BCUT2D eigenvalue weighted by atomic mass is 16.5. The average Bonchev–Trinajstić information content (AvgIpc) is 2.39. The molecule has 0 aromatic heterocycles. The number of nitrogens with one attached hydrogen (secondary N) is 1. The minimum Gasteiger partial charge on any atom is -0.375 e. The second kappa shape index (κ2) is 6.38. The first-order chi connectivity index (χ1) is 8.42. The van der Waals surface area contributed by atoms with Crippen LogP contribution >= 0.6 is 0 Å². The summed E-state index contributed by atoms with van der Waals surface area (Å²) in [6, 6.07) is 14.8. The number of hydrogen-bond donors (Lipinski definition) is 1. The first-order valence-corrected chi connectivity index (χ1v) is 6.17. The minimum atomic E-state index is 0.687. The van der Waals surface area contributed by atoms with Gasteiger partial charge in [-0.25, -0.2) is 0 Å². The molecule has 2 aromatic carbocycles. The Kier molecular flexibility index (Phi) is 4.54. The van der Waals surface area contributed by atoms with Gasteiger partial charge in [-0.05, 0) is 22.9 Å². The van der Waals surface area contributed by atoms with E-state index in [9.17, 15) is 0 Å². The quantitative estimate of drug-likeness (QED) is 0.769. The van der Waals surface area contributed by atoms with E-state index in [0.717, 1.165) is 19.7 Å². The number of fused-ring (bicyclic) bond motifs is 1. The molecule has 0 aliphatic rings. The van der Waals surface area contributed by atoms with E-state index in [1.807, 2.05) is 0 Å². The Balaban J connectivity index is 1.98. The Labute approximate surface area is 103 Å². The number of hydrogen-bond acceptors (Lipinski definition) is 2. The third kappa shape index (κ3) is 3.29. The highest BCUT2D eigenvalue weighted by molar-refractivity contribution is 5.85. The number of likely N-dealkylation sites (N-methyl/N-ethyl adjacent to an activating group) is 1. The Morgan fingerprint density at radius 2 is 1.88 bits per heavy atom. The summed E-state index contributed by atoms with van der Waals surface area (Å²) in [4.78, 5) is 0. The molecule has 0 radical (unpaired) electrons. The summed E-state index contributed by atoms with van der Waals surface area (Å²) in [5.41, 5.74) is 1.26. The minimum absolute atomic E-state index is 0.687. The molecule has 0 bridgehead atoms. The largest absolute Gasteiger partial charge is 0.375 e. The summed E-state index contributed by atoms with van der Waals surface area (Å²) in [5, 5.41) is 5.81. The zero-order valence-electron chi connectivity index (χ0n) is 10.3. The van der Waals surface area contributed by atoms with Crippen LogP contribution in [-0.4, -0.2) is 19.7 Å². The monoisotopic (exact) mass is 229 g/mol. The van der Waals surface area contributed by atoms with Gasteiger partial charge < -0.3 is 10.1 Å². The van der Waals surface area contributed by atoms with E-state index in [2.05, 4.69) is 54.7 Å². The molecule has 0 unspecified atom stereocenters. The molecule has 0 aliphatic heterocycles. The molecule has 0 amide bonds. The fraction of sp³-hybridized carbons (Fsp3) is 0.333. The molecule has 2 aromatic rings. The summed E-state index contributed by atoms with van der Waals surface area (Å²) in [5.74, 6) is 0. The van der Waals surface area contributed by atoms with Gasteiger partial charge in [-0.2, -0.15) is 0 Å². The smallest absolute Gasteiger partial charge is 0.0723 e. The molecule has 17 heavy (non-hydrogen) atoms. The van der Waals surface area contributed by atoms with Gasteiger partial charge in [0.15, 0.2) is 0 Å². The van der Waals surface area contributed by atoms with Crippen LogP contribution in [0.3, 0.4) is 0 Å². The molecule has 2 rings (SSSR count). The number of benzene rings is 2. The van der Waals surface area contributed by atoms with E-state index in [-0.39, 0.29) is 0 Å². The van der Waals surface area contributed by atoms with E-state index < -0.39 is 0 Å². The number of ether oxygens (including phenoxy) is 1. The van der Waals surface area contributed by atoms with E-state index in [0.29, 0.717) is 6.61 Å². The van der Waals surface area contributed by atoms with Crippen molar-refractivity contribution in [2.75, 3.05) is 19.7 Å². The lowest BCUT2D eigenvalue weighted by Gasteiger charge is -2.08. The van der Waals surface area contributed by atoms with Crippen LogP contribution in [0, 0.1) is 0 Å².